The van der Waals surface area contributed by atoms with Gasteiger partial charge in [0, 0.05) is 5.92 Å². The number of rotatable bonds is 3. The standard InChI is InChI=1S/C9H18N2OS/c1-6(2)8-10-11-9(12-8)13(5)7(3)4/h6-7,13H,1-5H3. The topological polar surface area (TPSA) is 38.9 Å². The highest BCUT2D eigenvalue weighted by atomic mass is 32.2. The van der Waals surface area contributed by atoms with Crippen molar-refractivity contribution in [1.82, 2.24) is 10.2 Å². The number of aromatic nitrogens is 2. The molecule has 1 aromatic heterocycles. The van der Waals surface area contributed by atoms with Crippen molar-refractivity contribution in [2.75, 3.05) is 6.26 Å². The lowest BCUT2D eigenvalue weighted by atomic mass is 10.2. The maximum Gasteiger partial charge on any atom is 0.256 e. The summed E-state index contributed by atoms with van der Waals surface area (Å²) in [7, 11) is -0.279. The van der Waals surface area contributed by atoms with E-state index in [1.165, 1.54) is 0 Å². The molecule has 1 atom stereocenters. The van der Waals surface area contributed by atoms with Crippen LogP contribution in [-0.4, -0.2) is 21.7 Å². The van der Waals surface area contributed by atoms with Crippen LogP contribution in [0.4, 0.5) is 0 Å². The molecule has 0 saturated carbocycles. The van der Waals surface area contributed by atoms with Crippen LogP contribution >= 0.6 is 10.9 Å². The van der Waals surface area contributed by atoms with Gasteiger partial charge < -0.3 is 4.42 Å². The van der Waals surface area contributed by atoms with Crippen LogP contribution in [0.2, 0.25) is 0 Å². The van der Waals surface area contributed by atoms with Crippen LogP contribution in [0.5, 0.6) is 0 Å². The van der Waals surface area contributed by atoms with Crippen molar-refractivity contribution in [1.29, 1.82) is 0 Å². The second-order valence-electron chi connectivity index (χ2n) is 3.78. The highest BCUT2D eigenvalue weighted by Gasteiger charge is 2.14. The van der Waals surface area contributed by atoms with E-state index >= 15 is 0 Å². The highest BCUT2D eigenvalue weighted by Crippen LogP contribution is 2.36. The van der Waals surface area contributed by atoms with Gasteiger partial charge in [0.25, 0.3) is 5.22 Å². The highest BCUT2D eigenvalue weighted by molar-refractivity contribution is 8.16. The van der Waals surface area contributed by atoms with Gasteiger partial charge in [0.2, 0.25) is 5.89 Å². The van der Waals surface area contributed by atoms with Crippen LogP contribution < -0.4 is 0 Å². The maximum atomic E-state index is 5.57. The molecule has 4 heteroatoms. The summed E-state index contributed by atoms with van der Waals surface area (Å²) in [6.07, 6.45) is 2.18. The Kier molecular flexibility index (Phi) is 3.36. The molecule has 1 aromatic rings. The average molecular weight is 202 g/mol. The Bertz CT molecular complexity index is 270. The first-order valence-corrected chi connectivity index (χ1v) is 6.44. The fourth-order valence-corrected chi connectivity index (χ4v) is 1.69. The number of nitrogens with zero attached hydrogens (tertiary/aromatic N) is 2. The predicted octanol–water partition coefficient (Wildman–Crippen LogP) is 2.59. The molecule has 76 valence electrons. The fourth-order valence-electron chi connectivity index (χ4n) is 0.823. The first-order valence-electron chi connectivity index (χ1n) is 4.58. The average Bonchev–Trinajstić information content (AvgIpc) is 2.50. The monoisotopic (exact) mass is 202 g/mol. The fraction of sp³-hybridized carbons (Fsp3) is 0.778. The summed E-state index contributed by atoms with van der Waals surface area (Å²) in [4.78, 5) is 0. The van der Waals surface area contributed by atoms with Crippen molar-refractivity contribution in [2.24, 2.45) is 0 Å². The normalized spacial score (nSPS) is 15.5. The molecule has 0 spiro atoms. The van der Waals surface area contributed by atoms with Gasteiger partial charge in [-0.05, 0) is 11.5 Å². The Morgan fingerprint density at radius 2 is 1.77 bits per heavy atom. The van der Waals surface area contributed by atoms with Crippen LogP contribution in [0.25, 0.3) is 0 Å². The first-order chi connectivity index (χ1) is 6.02. The molecule has 0 saturated heterocycles. The lowest BCUT2D eigenvalue weighted by Gasteiger charge is -2.14. The van der Waals surface area contributed by atoms with Gasteiger partial charge in [0.1, 0.15) is 0 Å². The van der Waals surface area contributed by atoms with E-state index < -0.39 is 0 Å². The zero-order valence-corrected chi connectivity index (χ0v) is 9.80. The molecule has 0 radical (unpaired) electrons. The molecule has 0 N–H and O–H groups in total. The Hall–Kier alpha value is -0.510. The molecule has 1 unspecified atom stereocenters. The van der Waals surface area contributed by atoms with E-state index in [1.54, 1.807) is 0 Å². The van der Waals surface area contributed by atoms with Crippen LogP contribution in [0.15, 0.2) is 9.64 Å². The minimum atomic E-state index is -0.279. The van der Waals surface area contributed by atoms with Gasteiger partial charge in [-0.1, -0.05) is 27.7 Å². The van der Waals surface area contributed by atoms with Crippen LogP contribution in [0.3, 0.4) is 0 Å². The van der Waals surface area contributed by atoms with Gasteiger partial charge in [-0.15, -0.1) is 10.2 Å². The molecule has 1 rings (SSSR count). The van der Waals surface area contributed by atoms with Gasteiger partial charge in [0.15, 0.2) is 0 Å². The largest absolute Gasteiger partial charge is 0.417 e. The van der Waals surface area contributed by atoms with E-state index in [1.807, 2.05) is 0 Å². The Morgan fingerprint density at radius 3 is 2.15 bits per heavy atom. The maximum absolute atomic E-state index is 5.57. The van der Waals surface area contributed by atoms with Crippen LogP contribution in [-0.2, 0) is 0 Å². The second-order valence-corrected chi connectivity index (χ2v) is 6.42. The van der Waals surface area contributed by atoms with Gasteiger partial charge >= 0.3 is 0 Å². The van der Waals surface area contributed by atoms with E-state index in [-0.39, 0.29) is 10.9 Å². The Labute approximate surface area is 82.3 Å². The van der Waals surface area contributed by atoms with E-state index in [0.717, 1.165) is 11.1 Å². The quantitative estimate of drug-likeness (QED) is 0.766. The second kappa shape index (κ2) is 4.13. The SMILES string of the molecule is CC(C)c1nnc([SH](C)C(C)C)o1. The lowest BCUT2D eigenvalue weighted by molar-refractivity contribution is 0.396. The molecule has 0 amide bonds. The smallest absolute Gasteiger partial charge is 0.256 e. The van der Waals surface area contributed by atoms with Gasteiger partial charge in [0.05, 0.1) is 0 Å². The summed E-state index contributed by atoms with van der Waals surface area (Å²) in [6, 6.07) is 0. The third-order valence-electron chi connectivity index (χ3n) is 2.00. The van der Waals surface area contributed by atoms with Crippen LogP contribution in [0, 0.1) is 0 Å². The summed E-state index contributed by atoms with van der Waals surface area (Å²) in [6.45, 7) is 8.49. The van der Waals surface area contributed by atoms with Crippen molar-refractivity contribution < 1.29 is 4.42 Å². The zero-order chi connectivity index (χ0) is 10.0. The van der Waals surface area contributed by atoms with Gasteiger partial charge in [-0.2, -0.15) is 10.9 Å². The van der Waals surface area contributed by atoms with Crippen molar-refractivity contribution in [3.8, 4) is 0 Å². The zero-order valence-electron chi connectivity index (χ0n) is 8.90. The summed E-state index contributed by atoms with van der Waals surface area (Å²) in [5.74, 6) is 1.09. The summed E-state index contributed by atoms with van der Waals surface area (Å²) in [5, 5.41) is 9.52. The number of thiol groups is 1. The molecule has 0 aromatic carbocycles. The molecule has 0 aliphatic carbocycles. The van der Waals surface area contributed by atoms with Crippen LogP contribution in [0.1, 0.15) is 39.5 Å². The molecule has 0 bridgehead atoms. The van der Waals surface area contributed by atoms with Crippen molar-refractivity contribution in [3.63, 3.8) is 0 Å². The minimum absolute atomic E-state index is 0.279. The van der Waals surface area contributed by atoms with Crippen molar-refractivity contribution >= 4 is 10.9 Å². The first kappa shape index (κ1) is 10.6. The third-order valence-corrected chi connectivity index (χ3v) is 4.33. The van der Waals surface area contributed by atoms with Gasteiger partial charge in [-0.3, -0.25) is 0 Å². The van der Waals surface area contributed by atoms with Crippen molar-refractivity contribution in [3.05, 3.63) is 5.89 Å². The third kappa shape index (κ3) is 2.46. The summed E-state index contributed by atoms with van der Waals surface area (Å²) >= 11 is 0. The van der Waals surface area contributed by atoms with E-state index in [0.29, 0.717) is 11.2 Å². The van der Waals surface area contributed by atoms with Crippen molar-refractivity contribution in [2.45, 2.75) is 44.1 Å². The van der Waals surface area contributed by atoms with Gasteiger partial charge in [-0.25, -0.2) is 0 Å². The molecule has 13 heavy (non-hydrogen) atoms. The Morgan fingerprint density at radius 1 is 1.15 bits per heavy atom. The molecular formula is C9H18N2OS. The van der Waals surface area contributed by atoms with E-state index in [4.69, 9.17) is 4.42 Å². The summed E-state index contributed by atoms with van der Waals surface area (Å²) in [5.41, 5.74) is 0. The Balaban J connectivity index is 2.79. The van der Waals surface area contributed by atoms with E-state index in [2.05, 4.69) is 44.1 Å². The molecular weight excluding hydrogens is 184 g/mol. The molecule has 0 aliphatic heterocycles. The minimum Gasteiger partial charge on any atom is -0.417 e. The molecule has 1 heterocycles. The molecule has 0 fully saturated rings. The number of hydrogen-bond donors (Lipinski definition) is 1. The molecule has 3 nitrogen and oxygen atoms in total. The molecule has 0 aliphatic rings. The lowest BCUT2D eigenvalue weighted by Crippen LogP contribution is -1.95. The van der Waals surface area contributed by atoms with E-state index in [9.17, 15) is 0 Å². The predicted molar refractivity (Wildman–Crippen MR) is 56.7 cm³/mol. The number of hydrogen-bond acceptors (Lipinski definition) is 3. The summed E-state index contributed by atoms with van der Waals surface area (Å²) < 4.78 is 5.57.